The molecule has 2 aliphatic heterocycles. The highest BCUT2D eigenvalue weighted by Crippen LogP contribution is 2.34. The van der Waals surface area contributed by atoms with Crippen molar-refractivity contribution < 1.29 is 58.4 Å². The van der Waals surface area contributed by atoms with Gasteiger partial charge >= 0.3 is 0 Å². The van der Waals surface area contributed by atoms with E-state index in [1.165, 1.54) is 6.92 Å². The van der Waals surface area contributed by atoms with Crippen LogP contribution in [0.25, 0.3) is 0 Å². The molecule has 13 heteroatoms. The summed E-state index contributed by atoms with van der Waals surface area (Å²) < 4.78 is 41.2. The van der Waals surface area contributed by atoms with Crippen LogP contribution in [-0.4, -0.2) is 129 Å². The molecule has 0 radical (unpaired) electrons. The molecule has 1 amide bonds. The lowest BCUT2D eigenvalue weighted by molar-refractivity contribution is -0.347. The highest BCUT2D eigenvalue weighted by atomic mass is 16.7. The molecule has 0 spiro atoms. The van der Waals surface area contributed by atoms with E-state index < -0.39 is 89.4 Å². The van der Waals surface area contributed by atoms with Crippen LogP contribution in [0, 0.1) is 0 Å². The van der Waals surface area contributed by atoms with Crippen LogP contribution in [0.2, 0.25) is 0 Å². The number of aliphatic hydroxyl groups excluding tert-OH is 4. The van der Waals surface area contributed by atoms with E-state index in [0.717, 1.165) is 0 Å². The fourth-order valence-electron chi connectivity index (χ4n) is 5.04. The van der Waals surface area contributed by atoms with Gasteiger partial charge in [0.2, 0.25) is 5.91 Å². The lowest BCUT2D eigenvalue weighted by atomic mass is 9.95. The Balaban J connectivity index is 0.000000470. The van der Waals surface area contributed by atoms with E-state index >= 15 is 0 Å². The number of amides is 1. The molecule has 47 heavy (non-hydrogen) atoms. The lowest BCUT2D eigenvalue weighted by Crippen LogP contribution is -2.66. The van der Waals surface area contributed by atoms with Gasteiger partial charge in [-0.05, 0) is 104 Å². The summed E-state index contributed by atoms with van der Waals surface area (Å²) in [6, 6.07) is -0.790. The largest absolute Gasteiger partial charge is 0.394 e. The van der Waals surface area contributed by atoms with E-state index in [9.17, 15) is 25.2 Å². The lowest BCUT2D eigenvalue weighted by Gasteiger charge is -2.48. The molecule has 0 saturated carbocycles. The zero-order valence-electron chi connectivity index (χ0n) is 31.7. The highest BCUT2D eigenvalue weighted by Gasteiger charge is 2.51. The second-order valence-corrected chi connectivity index (χ2v) is 17.2. The van der Waals surface area contributed by atoms with Gasteiger partial charge in [0.15, 0.2) is 12.6 Å². The molecule has 2 rings (SSSR count). The number of ether oxygens (including phenoxy) is 7. The van der Waals surface area contributed by atoms with Crippen molar-refractivity contribution in [3.8, 4) is 0 Å². The maximum Gasteiger partial charge on any atom is 0.217 e. The number of aliphatic hydroxyl groups is 4. The minimum atomic E-state index is -1.07. The predicted molar refractivity (Wildman–Crippen MR) is 177 cm³/mol. The Morgan fingerprint density at radius 1 is 0.553 bits per heavy atom. The van der Waals surface area contributed by atoms with E-state index in [-0.39, 0.29) is 19.1 Å². The van der Waals surface area contributed by atoms with Crippen LogP contribution >= 0.6 is 0 Å². The molecule has 6 unspecified atom stereocenters. The highest BCUT2D eigenvalue weighted by molar-refractivity contribution is 5.73. The van der Waals surface area contributed by atoms with Crippen LogP contribution in [0.1, 0.15) is 111 Å². The molecular weight excluding hydrogens is 614 g/mol. The summed E-state index contributed by atoms with van der Waals surface area (Å²) in [6.07, 6.45) is -7.34. The molecule has 10 atom stereocenters. The molecule has 2 aliphatic rings. The molecule has 2 heterocycles. The van der Waals surface area contributed by atoms with Gasteiger partial charge in [-0.3, -0.25) is 4.79 Å². The van der Waals surface area contributed by atoms with Crippen molar-refractivity contribution >= 4 is 5.91 Å². The maximum atomic E-state index is 11.5. The van der Waals surface area contributed by atoms with Gasteiger partial charge in [0, 0.05) is 6.92 Å². The zero-order chi connectivity index (χ0) is 36.9. The summed E-state index contributed by atoms with van der Waals surface area (Å²) in [6.45, 7) is 29.0. The molecule has 0 aliphatic carbocycles. The van der Waals surface area contributed by atoms with Gasteiger partial charge in [0.1, 0.15) is 48.8 Å². The van der Waals surface area contributed by atoms with Crippen molar-refractivity contribution in [2.24, 2.45) is 0 Å². The number of nitrogens with one attached hydrogen (secondary N) is 1. The van der Waals surface area contributed by atoms with Gasteiger partial charge < -0.3 is 58.9 Å². The Labute approximate surface area is 282 Å². The summed E-state index contributed by atoms with van der Waals surface area (Å²) in [5.41, 5.74) is -2.55. The van der Waals surface area contributed by atoms with Crippen molar-refractivity contribution in [2.45, 2.75) is 200 Å². The average molecular weight is 682 g/mol. The molecule has 2 saturated heterocycles. The Morgan fingerprint density at radius 2 is 0.894 bits per heavy atom. The van der Waals surface area contributed by atoms with Gasteiger partial charge in [-0.2, -0.15) is 0 Å². The first-order valence-electron chi connectivity index (χ1n) is 16.5. The molecule has 0 aromatic heterocycles. The Bertz CT molecular complexity index is 943. The molecule has 0 aromatic carbocycles. The van der Waals surface area contributed by atoms with E-state index in [1.54, 1.807) is 0 Å². The molecule has 280 valence electrons. The minimum Gasteiger partial charge on any atom is -0.394 e. The number of carbonyl (C=O) groups excluding carboxylic acids is 1. The first-order chi connectivity index (χ1) is 21.0. The summed E-state index contributed by atoms with van der Waals surface area (Å²) in [4.78, 5) is 11.5. The molecule has 0 aromatic rings. The molecule has 5 N–H and O–H groups in total. The standard InChI is InChI=1S/C18H36O6.C16H31NO6/c1-16(2,3)22-13-11(10-19)21-15(24-18(7,8)9)12(20)14(13)23-17(4,5)6;1-9(19)17-11-12(20)13(22-15(2,3)4)10(8-18)21-14(11)23-16(5,6)7/h11-15,19-20H,10H2,1-9H3;10-14,18,20H,8H2,1-7H3,(H,17,19)/t11?,12-,13+,14?,15?;10?,11-,12?,13+,14?/m10/s1. The number of hydrogen-bond donors (Lipinski definition) is 5. The topological polar surface area (TPSA) is 175 Å². The molecule has 0 bridgehead atoms. The van der Waals surface area contributed by atoms with Gasteiger partial charge in [0.05, 0.1) is 41.2 Å². The summed E-state index contributed by atoms with van der Waals surface area (Å²) in [5, 5.41) is 43.5. The van der Waals surface area contributed by atoms with E-state index in [4.69, 9.17) is 33.2 Å². The fourth-order valence-corrected chi connectivity index (χ4v) is 5.04. The van der Waals surface area contributed by atoms with Crippen LogP contribution in [0.5, 0.6) is 0 Å². The normalized spacial score (nSPS) is 32.8. The van der Waals surface area contributed by atoms with Crippen molar-refractivity contribution in [1.29, 1.82) is 0 Å². The van der Waals surface area contributed by atoms with Gasteiger partial charge in [-0.15, -0.1) is 0 Å². The Morgan fingerprint density at radius 3 is 1.28 bits per heavy atom. The maximum absolute atomic E-state index is 11.5. The van der Waals surface area contributed by atoms with Crippen LogP contribution in [0.3, 0.4) is 0 Å². The fraction of sp³-hybridized carbons (Fsp3) is 0.971. The minimum absolute atomic E-state index is 0.249. The molecule has 13 nitrogen and oxygen atoms in total. The zero-order valence-corrected chi connectivity index (χ0v) is 31.7. The third-order valence-corrected chi connectivity index (χ3v) is 6.43. The predicted octanol–water partition coefficient (Wildman–Crippen LogP) is 2.82. The average Bonchev–Trinajstić information content (AvgIpc) is 2.83. The Hall–Kier alpha value is -0.970. The van der Waals surface area contributed by atoms with Gasteiger partial charge in [0.25, 0.3) is 0 Å². The van der Waals surface area contributed by atoms with E-state index in [1.807, 2.05) is 104 Å². The number of carbonyl (C=O) groups is 1. The van der Waals surface area contributed by atoms with E-state index in [2.05, 4.69) is 5.32 Å². The summed E-state index contributed by atoms with van der Waals surface area (Å²) >= 11 is 0. The molecule has 2 fully saturated rings. The molecular formula is C34H67NO12. The Kier molecular flexibility index (Phi) is 15.8. The first-order valence-corrected chi connectivity index (χ1v) is 16.5. The SMILES string of the molecule is CC(=O)N[C@@H]1C(OC(C)(C)C)OC(CO)[C@@H](OC(C)(C)C)C1O.CC(C)(C)OC1OC(CO)[C@H](OC(C)(C)C)C(OC(C)(C)C)[C@H]1O. The third-order valence-electron chi connectivity index (χ3n) is 6.43. The monoisotopic (exact) mass is 681 g/mol. The van der Waals surface area contributed by atoms with Crippen LogP contribution < -0.4 is 5.32 Å². The van der Waals surface area contributed by atoms with Gasteiger partial charge in [-0.1, -0.05) is 0 Å². The third kappa shape index (κ3) is 16.1. The number of hydrogen-bond acceptors (Lipinski definition) is 12. The van der Waals surface area contributed by atoms with Crippen molar-refractivity contribution in [3.05, 3.63) is 0 Å². The summed E-state index contributed by atoms with van der Waals surface area (Å²) in [7, 11) is 0. The van der Waals surface area contributed by atoms with Crippen LogP contribution in [-0.2, 0) is 38.0 Å². The van der Waals surface area contributed by atoms with Crippen molar-refractivity contribution in [2.75, 3.05) is 13.2 Å². The summed E-state index contributed by atoms with van der Waals surface area (Å²) in [5.74, 6) is -0.308. The van der Waals surface area contributed by atoms with Crippen LogP contribution in [0.4, 0.5) is 0 Å². The second-order valence-electron chi connectivity index (χ2n) is 17.2. The van der Waals surface area contributed by atoms with Crippen LogP contribution in [0.15, 0.2) is 0 Å². The number of rotatable bonds is 8. The van der Waals surface area contributed by atoms with E-state index in [0.29, 0.717) is 0 Å². The van der Waals surface area contributed by atoms with Gasteiger partial charge in [-0.25, -0.2) is 0 Å². The quantitative estimate of drug-likeness (QED) is 0.254. The van der Waals surface area contributed by atoms with Crippen molar-refractivity contribution in [1.82, 2.24) is 5.32 Å². The first kappa shape index (κ1) is 44.1. The van der Waals surface area contributed by atoms with Crippen molar-refractivity contribution in [3.63, 3.8) is 0 Å². The second kappa shape index (κ2) is 16.8. The smallest absolute Gasteiger partial charge is 0.217 e.